The quantitative estimate of drug-likeness (QED) is 0.600. The van der Waals surface area contributed by atoms with Gasteiger partial charge in [-0.1, -0.05) is 6.07 Å². The Morgan fingerprint density at radius 1 is 1.00 bits per heavy atom. The minimum Gasteiger partial charge on any atom is -0.399 e. The topological polar surface area (TPSA) is 113 Å². The van der Waals surface area contributed by atoms with E-state index in [1.165, 1.54) is 36.1 Å². The van der Waals surface area contributed by atoms with Crippen LogP contribution < -0.4 is 16.0 Å². The van der Waals surface area contributed by atoms with Crippen molar-refractivity contribution >= 4 is 40.8 Å². The molecule has 2 aromatic rings. The summed E-state index contributed by atoms with van der Waals surface area (Å²) in [7, 11) is 0. The summed E-state index contributed by atoms with van der Waals surface area (Å²) in [4.78, 5) is 52.2. The molecular weight excluding hydrogens is 372 g/mol. The van der Waals surface area contributed by atoms with E-state index in [2.05, 4.69) is 5.32 Å². The largest absolute Gasteiger partial charge is 0.399 e. The van der Waals surface area contributed by atoms with Crippen molar-refractivity contribution < 1.29 is 19.2 Å². The summed E-state index contributed by atoms with van der Waals surface area (Å²) >= 11 is 0. The Morgan fingerprint density at radius 3 is 2.24 bits per heavy atom. The Labute approximate surface area is 168 Å². The second-order valence-electron chi connectivity index (χ2n) is 7.76. The number of anilines is 3. The van der Waals surface area contributed by atoms with E-state index >= 15 is 0 Å². The Bertz CT molecular complexity index is 1040. The van der Waals surface area contributed by atoms with Crippen LogP contribution in [0, 0.1) is 0 Å². The Morgan fingerprint density at radius 2 is 1.66 bits per heavy atom. The highest BCUT2D eigenvalue weighted by molar-refractivity contribution is 6.23. The molecule has 2 aromatic carbocycles. The molecule has 0 bridgehead atoms. The van der Waals surface area contributed by atoms with E-state index in [0.29, 0.717) is 17.1 Å². The lowest BCUT2D eigenvalue weighted by Crippen LogP contribution is -2.45. The van der Waals surface area contributed by atoms with Gasteiger partial charge >= 0.3 is 6.03 Å². The lowest BCUT2D eigenvalue weighted by molar-refractivity contribution is -0.115. The van der Waals surface area contributed by atoms with Gasteiger partial charge in [-0.2, -0.15) is 0 Å². The third kappa shape index (κ3) is 3.69. The van der Waals surface area contributed by atoms with Crippen molar-refractivity contribution in [1.82, 2.24) is 4.90 Å². The summed E-state index contributed by atoms with van der Waals surface area (Å²) in [6.07, 6.45) is 0. The number of nitrogens with two attached hydrogens (primary N) is 1. The standard InChI is InChI=1S/C21H22N4O4/c1-12(26)24(15-7-5-6-13(22)10-15)20(29)23-14-8-9-16-17(11-14)19(28)25(18(16)27)21(2,3)4/h5-11H,22H2,1-4H3,(H,23,29). The number of urea groups is 1. The molecule has 0 radical (unpaired) electrons. The molecule has 150 valence electrons. The molecule has 8 nitrogen and oxygen atoms in total. The van der Waals surface area contributed by atoms with Gasteiger partial charge in [0.05, 0.1) is 16.8 Å². The molecule has 29 heavy (non-hydrogen) atoms. The predicted octanol–water partition coefficient (Wildman–Crippen LogP) is 3.25. The number of carbonyl (C=O) groups is 4. The molecule has 0 aromatic heterocycles. The molecule has 1 aliphatic rings. The highest BCUT2D eigenvalue weighted by Crippen LogP contribution is 2.31. The molecule has 1 aliphatic heterocycles. The lowest BCUT2D eigenvalue weighted by atomic mass is 10.1. The van der Waals surface area contributed by atoms with E-state index in [0.717, 1.165) is 4.90 Å². The van der Waals surface area contributed by atoms with Gasteiger partial charge in [-0.25, -0.2) is 9.69 Å². The van der Waals surface area contributed by atoms with Gasteiger partial charge in [0.25, 0.3) is 11.8 Å². The summed E-state index contributed by atoms with van der Waals surface area (Å²) < 4.78 is 0. The number of rotatable bonds is 2. The van der Waals surface area contributed by atoms with Crippen LogP contribution in [-0.4, -0.2) is 34.2 Å². The third-order valence-electron chi connectivity index (χ3n) is 4.46. The van der Waals surface area contributed by atoms with Crippen LogP contribution in [0.2, 0.25) is 0 Å². The fourth-order valence-corrected chi connectivity index (χ4v) is 3.21. The molecule has 0 spiro atoms. The molecular formula is C21H22N4O4. The van der Waals surface area contributed by atoms with E-state index in [4.69, 9.17) is 5.73 Å². The van der Waals surface area contributed by atoms with Crippen LogP contribution in [0.15, 0.2) is 42.5 Å². The maximum Gasteiger partial charge on any atom is 0.333 e. The maximum atomic E-state index is 12.7. The smallest absolute Gasteiger partial charge is 0.333 e. The normalized spacial score (nSPS) is 13.3. The van der Waals surface area contributed by atoms with Gasteiger partial charge in [0.15, 0.2) is 0 Å². The number of fused-ring (bicyclic) bond motifs is 1. The van der Waals surface area contributed by atoms with Crippen LogP contribution >= 0.6 is 0 Å². The summed E-state index contributed by atoms with van der Waals surface area (Å²) in [5, 5.41) is 2.60. The first kappa shape index (κ1) is 20.1. The van der Waals surface area contributed by atoms with Crippen molar-refractivity contribution in [3.8, 4) is 0 Å². The van der Waals surface area contributed by atoms with Gasteiger partial charge in [0, 0.05) is 23.8 Å². The van der Waals surface area contributed by atoms with Crippen LogP contribution in [0.1, 0.15) is 48.4 Å². The number of hydrogen-bond donors (Lipinski definition) is 2. The van der Waals surface area contributed by atoms with Gasteiger partial charge in [-0.15, -0.1) is 0 Å². The van der Waals surface area contributed by atoms with E-state index in [1.807, 2.05) is 0 Å². The number of nitrogens with one attached hydrogen (secondary N) is 1. The highest BCUT2D eigenvalue weighted by Gasteiger charge is 2.42. The van der Waals surface area contributed by atoms with Crippen LogP contribution in [0.4, 0.5) is 21.9 Å². The number of hydrogen-bond acceptors (Lipinski definition) is 5. The van der Waals surface area contributed by atoms with E-state index < -0.39 is 23.4 Å². The van der Waals surface area contributed by atoms with Crippen molar-refractivity contribution in [3.05, 3.63) is 53.6 Å². The lowest BCUT2D eigenvalue weighted by Gasteiger charge is -2.29. The summed E-state index contributed by atoms with van der Waals surface area (Å²) in [5.74, 6) is -1.30. The van der Waals surface area contributed by atoms with Crippen LogP contribution in [-0.2, 0) is 4.79 Å². The van der Waals surface area contributed by atoms with Crippen LogP contribution in [0.25, 0.3) is 0 Å². The zero-order valence-corrected chi connectivity index (χ0v) is 16.6. The maximum absolute atomic E-state index is 12.7. The molecule has 1 heterocycles. The van der Waals surface area contributed by atoms with Gasteiger partial charge in [0.1, 0.15) is 0 Å². The minimum atomic E-state index is -0.701. The van der Waals surface area contributed by atoms with Gasteiger partial charge in [0.2, 0.25) is 5.91 Å². The number of nitrogens with zero attached hydrogens (tertiary/aromatic N) is 2. The molecule has 3 N–H and O–H groups in total. The first-order valence-corrected chi connectivity index (χ1v) is 9.01. The number of imide groups is 2. The summed E-state index contributed by atoms with van der Waals surface area (Å²) in [5.41, 5.74) is 6.58. The zero-order chi connectivity index (χ0) is 21.5. The molecule has 0 saturated carbocycles. The van der Waals surface area contributed by atoms with E-state index in [-0.39, 0.29) is 17.0 Å². The van der Waals surface area contributed by atoms with Crippen molar-refractivity contribution in [2.24, 2.45) is 0 Å². The number of benzene rings is 2. The molecule has 8 heteroatoms. The van der Waals surface area contributed by atoms with Crippen molar-refractivity contribution in [1.29, 1.82) is 0 Å². The van der Waals surface area contributed by atoms with E-state index in [9.17, 15) is 19.2 Å². The van der Waals surface area contributed by atoms with Crippen LogP contribution in [0.3, 0.4) is 0 Å². The fourth-order valence-electron chi connectivity index (χ4n) is 3.21. The fraction of sp³-hybridized carbons (Fsp3) is 0.238. The first-order chi connectivity index (χ1) is 13.5. The summed E-state index contributed by atoms with van der Waals surface area (Å²) in [6, 6.07) is 10.1. The monoisotopic (exact) mass is 394 g/mol. The molecule has 0 saturated heterocycles. The summed E-state index contributed by atoms with van der Waals surface area (Å²) in [6.45, 7) is 6.57. The average Bonchev–Trinajstić information content (AvgIpc) is 2.85. The molecule has 0 atom stereocenters. The Hall–Kier alpha value is -3.68. The van der Waals surface area contributed by atoms with Crippen molar-refractivity contribution in [2.45, 2.75) is 33.2 Å². The molecule has 5 amide bonds. The first-order valence-electron chi connectivity index (χ1n) is 9.01. The molecule has 0 unspecified atom stereocenters. The second kappa shape index (κ2) is 7.05. The molecule has 0 fully saturated rings. The van der Waals surface area contributed by atoms with Gasteiger partial charge in [-0.3, -0.25) is 19.3 Å². The number of nitrogen functional groups attached to an aromatic ring is 1. The number of carbonyl (C=O) groups excluding carboxylic acids is 4. The molecule has 0 aliphatic carbocycles. The average molecular weight is 394 g/mol. The van der Waals surface area contributed by atoms with Gasteiger partial charge < -0.3 is 11.1 Å². The minimum absolute atomic E-state index is 0.209. The zero-order valence-electron chi connectivity index (χ0n) is 16.6. The Balaban J connectivity index is 1.89. The predicted molar refractivity (Wildman–Crippen MR) is 110 cm³/mol. The highest BCUT2D eigenvalue weighted by atomic mass is 16.2. The Kier molecular flexibility index (Phi) is 4.88. The van der Waals surface area contributed by atoms with Crippen LogP contribution in [0.5, 0.6) is 0 Å². The number of amides is 5. The van der Waals surface area contributed by atoms with Crippen molar-refractivity contribution in [2.75, 3.05) is 16.0 Å². The van der Waals surface area contributed by atoms with Gasteiger partial charge in [-0.05, 0) is 57.2 Å². The molecule has 3 rings (SSSR count). The van der Waals surface area contributed by atoms with Crippen molar-refractivity contribution in [3.63, 3.8) is 0 Å². The SMILES string of the molecule is CC(=O)N(C(=O)Nc1ccc2c(c1)C(=O)N(C(C)(C)C)C2=O)c1cccc(N)c1. The van der Waals surface area contributed by atoms with E-state index in [1.54, 1.807) is 39.0 Å². The second-order valence-corrected chi connectivity index (χ2v) is 7.76. The third-order valence-corrected chi connectivity index (χ3v) is 4.46.